The molecule has 0 saturated heterocycles. The van der Waals surface area contributed by atoms with E-state index in [9.17, 15) is 10.1 Å². The predicted molar refractivity (Wildman–Crippen MR) is 76.6 cm³/mol. The zero-order valence-corrected chi connectivity index (χ0v) is 12.8. The van der Waals surface area contributed by atoms with Crippen LogP contribution in [0.15, 0.2) is 22.7 Å². The summed E-state index contributed by atoms with van der Waals surface area (Å²) in [7, 11) is 0. The van der Waals surface area contributed by atoms with Gasteiger partial charge in [0.1, 0.15) is 0 Å². The number of nitrogens with zero attached hydrogens (tertiary/aromatic N) is 2. The van der Waals surface area contributed by atoms with E-state index in [1.165, 1.54) is 6.07 Å². The van der Waals surface area contributed by atoms with Crippen LogP contribution in [0.3, 0.4) is 0 Å². The molecule has 4 nitrogen and oxygen atoms in total. The third-order valence-electron chi connectivity index (χ3n) is 2.92. The Balaban J connectivity index is 3.01. The summed E-state index contributed by atoms with van der Waals surface area (Å²) in [6.45, 7) is 9.23. The van der Waals surface area contributed by atoms with E-state index in [4.69, 9.17) is 0 Å². The summed E-state index contributed by atoms with van der Waals surface area (Å²) >= 11 is 3.46. The molecule has 0 bridgehead atoms. The summed E-state index contributed by atoms with van der Waals surface area (Å²) in [5, 5.41) is 10.8. The normalized spacial score (nSPS) is 11.6. The second-order valence-corrected chi connectivity index (χ2v) is 5.75. The minimum absolute atomic E-state index is 0.140. The van der Waals surface area contributed by atoms with E-state index in [2.05, 4.69) is 48.5 Å². The summed E-state index contributed by atoms with van der Waals surface area (Å²) in [4.78, 5) is 12.7. The molecule has 0 saturated carbocycles. The molecule has 1 aromatic rings. The second-order valence-electron chi connectivity index (χ2n) is 4.89. The molecule has 5 heteroatoms. The zero-order valence-electron chi connectivity index (χ0n) is 11.2. The number of halogens is 1. The number of hydrogen-bond donors (Lipinski definition) is 0. The molecule has 0 N–H and O–H groups in total. The maximum atomic E-state index is 10.8. The summed E-state index contributed by atoms with van der Waals surface area (Å²) in [5.74, 6) is 0. The molecule has 100 valence electrons. The topological polar surface area (TPSA) is 46.4 Å². The van der Waals surface area contributed by atoms with Crippen molar-refractivity contribution in [1.82, 2.24) is 4.90 Å². The molecule has 0 aliphatic rings. The highest BCUT2D eigenvalue weighted by molar-refractivity contribution is 9.10. The number of nitro groups is 1. The largest absolute Gasteiger partial charge is 0.294 e. The molecule has 0 aromatic heterocycles. The predicted octanol–water partition coefficient (Wildman–Crippen LogP) is 3.98. The van der Waals surface area contributed by atoms with Gasteiger partial charge in [-0.2, -0.15) is 0 Å². The molecule has 1 rings (SSSR count). The zero-order chi connectivity index (χ0) is 13.9. The Hall–Kier alpha value is -0.940. The summed E-state index contributed by atoms with van der Waals surface area (Å²) < 4.78 is 0.916. The number of rotatable bonds is 5. The van der Waals surface area contributed by atoms with E-state index < -0.39 is 0 Å². The minimum atomic E-state index is -0.356. The lowest BCUT2D eigenvalue weighted by atomic mass is 10.1. The molecule has 18 heavy (non-hydrogen) atoms. The minimum Gasteiger partial charge on any atom is -0.294 e. The van der Waals surface area contributed by atoms with Gasteiger partial charge in [-0.25, -0.2) is 0 Å². The monoisotopic (exact) mass is 314 g/mol. The Morgan fingerprint density at radius 1 is 1.28 bits per heavy atom. The molecule has 0 spiro atoms. The van der Waals surface area contributed by atoms with E-state index in [0.717, 1.165) is 10.0 Å². The quantitative estimate of drug-likeness (QED) is 0.610. The van der Waals surface area contributed by atoms with Crippen LogP contribution in [-0.4, -0.2) is 21.9 Å². The van der Waals surface area contributed by atoms with Crippen molar-refractivity contribution < 1.29 is 4.92 Å². The van der Waals surface area contributed by atoms with Gasteiger partial charge >= 0.3 is 0 Å². The molecule has 0 aliphatic heterocycles. The van der Waals surface area contributed by atoms with Crippen LogP contribution < -0.4 is 0 Å². The average molecular weight is 315 g/mol. The van der Waals surface area contributed by atoms with Gasteiger partial charge in [-0.15, -0.1) is 0 Å². The van der Waals surface area contributed by atoms with Crippen LogP contribution in [0.4, 0.5) is 5.69 Å². The van der Waals surface area contributed by atoms with Crippen LogP contribution in [0.2, 0.25) is 0 Å². The molecule has 0 radical (unpaired) electrons. The first kappa shape index (κ1) is 15.1. The number of benzene rings is 1. The molecular formula is C13H19BrN2O2. The fraction of sp³-hybridized carbons (Fsp3) is 0.538. The van der Waals surface area contributed by atoms with E-state index in [0.29, 0.717) is 18.6 Å². The highest BCUT2D eigenvalue weighted by Gasteiger charge is 2.17. The first-order valence-corrected chi connectivity index (χ1v) is 6.80. The molecule has 0 fully saturated rings. The van der Waals surface area contributed by atoms with Crippen molar-refractivity contribution in [3.63, 3.8) is 0 Å². The van der Waals surface area contributed by atoms with Gasteiger partial charge in [0.2, 0.25) is 0 Å². The number of non-ortho nitro benzene ring substituents is 1. The lowest BCUT2D eigenvalue weighted by molar-refractivity contribution is -0.384. The van der Waals surface area contributed by atoms with Crippen LogP contribution in [0.25, 0.3) is 0 Å². The van der Waals surface area contributed by atoms with Gasteiger partial charge in [-0.1, -0.05) is 15.9 Å². The van der Waals surface area contributed by atoms with E-state index >= 15 is 0 Å². The van der Waals surface area contributed by atoms with Gasteiger partial charge in [-0.3, -0.25) is 15.0 Å². The molecule has 0 aliphatic carbocycles. The molecule has 1 aromatic carbocycles. The summed E-state index contributed by atoms with van der Waals surface area (Å²) in [6.07, 6.45) is 0. The smallest absolute Gasteiger partial charge is 0.269 e. The fourth-order valence-electron chi connectivity index (χ4n) is 1.95. The van der Waals surface area contributed by atoms with Crippen molar-refractivity contribution in [3.05, 3.63) is 38.3 Å². The van der Waals surface area contributed by atoms with Crippen molar-refractivity contribution >= 4 is 21.6 Å². The Morgan fingerprint density at radius 2 is 1.83 bits per heavy atom. The maximum Gasteiger partial charge on any atom is 0.269 e. The van der Waals surface area contributed by atoms with Gasteiger partial charge in [0.25, 0.3) is 5.69 Å². The summed E-state index contributed by atoms with van der Waals surface area (Å²) in [5.41, 5.74) is 1.09. The van der Waals surface area contributed by atoms with Crippen LogP contribution in [0.1, 0.15) is 33.3 Å². The van der Waals surface area contributed by atoms with Crippen LogP contribution in [-0.2, 0) is 6.54 Å². The molecule has 0 heterocycles. The maximum absolute atomic E-state index is 10.8. The van der Waals surface area contributed by atoms with Gasteiger partial charge in [0, 0.05) is 35.2 Å². The molecular weight excluding hydrogens is 296 g/mol. The van der Waals surface area contributed by atoms with E-state index in [-0.39, 0.29) is 10.6 Å². The highest BCUT2D eigenvalue weighted by atomic mass is 79.9. The van der Waals surface area contributed by atoms with Gasteiger partial charge in [-0.05, 0) is 39.3 Å². The lowest BCUT2D eigenvalue weighted by Gasteiger charge is -2.30. The van der Waals surface area contributed by atoms with Crippen LogP contribution in [0.5, 0.6) is 0 Å². The SMILES string of the molecule is CC(C)N(Cc1cc([N+](=O)[O-])ccc1Br)C(C)C. The van der Waals surface area contributed by atoms with Crippen LogP contribution in [0, 0.1) is 10.1 Å². The van der Waals surface area contributed by atoms with Gasteiger partial charge < -0.3 is 0 Å². The highest BCUT2D eigenvalue weighted by Crippen LogP contribution is 2.25. The molecule has 0 amide bonds. The lowest BCUT2D eigenvalue weighted by Crippen LogP contribution is -2.36. The van der Waals surface area contributed by atoms with Crippen molar-refractivity contribution in [1.29, 1.82) is 0 Å². The average Bonchev–Trinajstić information content (AvgIpc) is 2.26. The second kappa shape index (κ2) is 6.29. The Morgan fingerprint density at radius 3 is 2.28 bits per heavy atom. The van der Waals surface area contributed by atoms with Gasteiger partial charge in [0.15, 0.2) is 0 Å². The third-order valence-corrected chi connectivity index (χ3v) is 3.69. The van der Waals surface area contributed by atoms with Gasteiger partial charge in [0.05, 0.1) is 4.92 Å². The third kappa shape index (κ3) is 3.78. The molecule has 0 atom stereocenters. The van der Waals surface area contributed by atoms with Crippen LogP contribution >= 0.6 is 15.9 Å². The van der Waals surface area contributed by atoms with Crippen molar-refractivity contribution in [3.8, 4) is 0 Å². The van der Waals surface area contributed by atoms with E-state index in [1.54, 1.807) is 12.1 Å². The molecule has 0 unspecified atom stereocenters. The Labute approximate surface area is 116 Å². The van der Waals surface area contributed by atoms with Crippen molar-refractivity contribution in [2.24, 2.45) is 0 Å². The first-order chi connectivity index (χ1) is 8.32. The standard InChI is InChI=1S/C13H19BrN2O2/c1-9(2)15(10(3)4)8-11-7-12(16(17)18)5-6-13(11)14/h5-7,9-10H,8H2,1-4H3. The van der Waals surface area contributed by atoms with Crippen molar-refractivity contribution in [2.75, 3.05) is 0 Å². The first-order valence-electron chi connectivity index (χ1n) is 6.01. The number of hydrogen-bond acceptors (Lipinski definition) is 3. The van der Waals surface area contributed by atoms with E-state index in [1.807, 2.05) is 0 Å². The summed E-state index contributed by atoms with van der Waals surface area (Å²) in [6, 6.07) is 5.70. The number of nitro benzene ring substituents is 1. The Kier molecular flexibility index (Phi) is 5.28. The van der Waals surface area contributed by atoms with Crippen molar-refractivity contribution in [2.45, 2.75) is 46.3 Å². The Bertz CT molecular complexity index is 425. The fourth-order valence-corrected chi connectivity index (χ4v) is 2.33.